The second-order valence-electron chi connectivity index (χ2n) is 11.7. The number of thiazole rings is 1. The summed E-state index contributed by atoms with van der Waals surface area (Å²) in [5.74, 6) is -4.22. The minimum atomic E-state index is -4.73. The monoisotopic (exact) mass is 757 g/mol. The van der Waals surface area contributed by atoms with Gasteiger partial charge >= 0.3 is 6.18 Å². The van der Waals surface area contributed by atoms with Gasteiger partial charge in [-0.25, -0.2) is 4.98 Å². The summed E-state index contributed by atoms with van der Waals surface area (Å²) in [6, 6.07) is 8.13. The molecular formula is C33H38F3N3O10S2. The molecule has 0 aliphatic heterocycles. The number of aliphatic hydroxyl groups is 1. The number of hydrogen-bond acceptors (Lipinski definition) is 12. The number of amides is 2. The molecule has 3 aromatic rings. The Bertz CT molecular complexity index is 1770. The second kappa shape index (κ2) is 17.9. The van der Waals surface area contributed by atoms with E-state index in [9.17, 15) is 45.9 Å². The summed E-state index contributed by atoms with van der Waals surface area (Å²) in [5, 5.41) is 16.9. The highest BCUT2D eigenvalue weighted by Crippen LogP contribution is 2.30. The van der Waals surface area contributed by atoms with Crippen LogP contribution in [0.5, 0.6) is 0 Å². The van der Waals surface area contributed by atoms with E-state index in [0.29, 0.717) is 34.8 Å². The zero-order chi connectivity index (χ0) is 38.0. The normalized spacial score (nSPS) is 14.9. The fourth-order valence-corrected chi connectivity index (χ4v) is 6.43. The largest absolute Gasteiger partial charge is 0.416 e. The number of alkyl halides is 3. The molecule has 0 aliphatic rings. The highest BCUT2D eigenvalue weighted by molar-refractivity contribution is 7.86. The number of aromatic nitrogens is 1. The van der Waals surface area contributed by atoms with Crippen LogP contribution in [-0.4, -0.2) is 93.6 Å². The molecule has 2 amide bonds. The lowest BCUT2D eigenvalue weighted by Gasteiger charge is -2.29. The van der Waals surface area contributed by atoms with Crippen molar-refractivity contribution in [3.05, 3.63) is 81.8 Å². The summed E-state index contributed by atoms with van der Waals surface area (Å²) in [4.78, 5) is 57.1. The molecule has 0 radical (unpaired) electrons. The Morgan fingerprint density at radius 1 is 0.941 bits per heavy atom. The topological polar surface area (TPSA) is 187 Å². The standard InChI is InChI=1S/C33H38F3N3O10S2/c1-20-37-16-28(50-20)31(43)39-26(18-48-4)27(40)15-22(17-47-3)30(42)38-25(14-21-8-6-5-7-9-21)29(41)32(2,44)19-49-51(45,46)24-12-10-23(11-13-24)33(34,35)36/h5-13,16,22,25-26,44H,14-15,17-19H2,1-4H3,(H,38,42)(H,39,43)/t22-,25?,26?,32+/m0/s1. The molecule has 2 aromatic carbocycles. The zero-order valence-corrected chi connectivity index (χ0v) is 29.7. The second-order valence-corrected chi connectivity index (χ2v) is 14.5. The van der Waals surface area contributed by atoms with Gasteiger partial charge in [0.2, 0.25) is 5.91 Å². The van der Waals surface area contributed by atoms with Crippen LogP contribution in [0.15, 0.2) is 65.7 Å². The van der Waals surface area contributed by atoms with Crippen molar-refractivity contribution in [2.75, 3.05) is 34.0 Å². The SMILES string of the molecule is COCC(NC(=O)c1cnc(C)s1)C(=O)C[C@@H](COC)C(=O)NC(Cc1ccccc1)C(=O)[C@](C)(O)COS(=O)(=O)c1ccc(C(F)(F)F)cc1. The van der Waals surface area contributed by atoms with Gasteiger partial charge in [0.1, 0.15) is 23.1 Å². The van der Waals surface area contributed by atoms with Crippen LogP contribution in [0, 0.1) is 12.8 Å². The number of aryl methyl sites for hydroxylation is 1. The van der Waals surface area contributed by atoms with Crippen molar-refractivity contribution in [2.45, 2.75) is 55.4 Å². The molecule has 3 N–H and O–H groups in total. The van der Waals surface area contributed by atoms with Gasteiger partial charge in [0.05, 0.1) is 46.8 Å². The van der Waals surface area contributed by atoms with Crippen LogP contribution in [0.25, 0.3) is 0 Å². The van der Waals surface area contributed by atoms with E-state index in [1.54, 1.807) is 37.3 Å². The minimum absolute atomic E-state index is 0.169. The Hall–Kier alpha value is -4.07. The maximum atomic E-state index is 13.7. The summed E-state index contributed by atoms with van der Waals surface area (Å²) < 4.78 is 79.4. The van der Waals surface area contributed by atoms with Gasteiger partial charge in [-0.1, -0.05) is 30.3 Å². The molecular weight excluding hydrogens is 720 g/mol. The fourth-order valence-electron chi connectivity index (χ4n) is 4.76. The molecule has 0 bridgehead atoms. The molecule has 13 nitrogen and oxygen atoms in total. The van der Waals surface area contributed by atoms with E-state index in [2.05, 4.69) is 15.6 Å². The first kappa shape index (κ1) is 41.4. The highest BCUT2D eigenvalue weighted by atomic mass is 32.2. The third-order valence-electron chi connectivity index (χ3n) is 7.47. The van der Waals surface area contributed by atoms with E-state index in [-0.39, 0.29) is 24.5 Å². The van der Waals surface area contributed by atoms with Gasteiger partial charge in [-0.15, -0.1) is 11.3 Å². The smallest absolute Gasteiger partial charge is 0.384 e. The van der Waals surface area contributed by atoms with E-state index in [1.807, 2.05) is 0 Å². The molecule has 0 saturated carbocycles. The first-order valence-corrected chi connectivity index (χ1v) is 17.5. The Morgan fingerprint density at radius 3 is 2.12 bits per heavy atom. The van der Waals surface area contributed by atoms with Gasteiger partial charge in [0.15, 0.2) is 11.6 Å². The Morgan fingerprint density at radius 2 is 1.57 bits per heavy atom. The van der Waals surface area contributed by atoms with Crippen molar-refractivity contribution in [1.29, 1.82) is 0 Å². The number of hydrogen-bond donors (Lipinski definition) is 3. The first-order chi connectivity index (χ1) is 23.9. The van der Waals surface area contributed by atoms with Crippen molar-refractivity contribution >= 4 is 44.8 Å². The first-order valence-electron chi connectivity index (χ1n) is 15.3. The predicted molar refractivity (Wildman–Crippen MR) is 177 cm³/mol. The Labute approximate surface area is 296 Å². The van der Waals surface area contributed by atoms with Crippen LogP contribution in [0.2, 0.25) is 0 Å². The van der Waals surface area contributed by atoms with Gasteiger partial charge < -0.3 is 25.2 Å². The zero-order valence-electron chi connectivity index (χ0n) is 28.1. The summed E-state index contributed by atoms with van der Waals surface area (Å²) in [7, 11) is -2.12. The Balaban J connectivity index is 1.79. The molecule has 0 spiro atoms. The number of nitrogens with zero attached hydrogens (tertiary/aromatic N) is 1. The summed E-state index contributed by atoms with van der Waals surface area (Å²) >= 11 is 1.12. The third kappa shape index (κ3) is 12.0. The Kier molecular flexibility index (Phi) is 14.5. The molecule has 0 aliphatic carbocycles. The molecule has 0 fully saturated rings. The molecule has 1 aromatic heterocycles. The van der Waals surface area contributed by atoms with Crippen molar-refractivity contribution in [3.8, 4) is 0 Å². The number of ketones is 2. The third-order valence-corrected chi connectivity index (χ3v) is 9.66. The van der Waals surface area contributed by atoms with Crippen LogP contribution in [0.3, 0.4) is 0 Å². The summed E-state index contributed by atoms with van der Waals surface area (Å²) in [6.07, 6.45) is -3.97. The van der Waals surface area contributed by atoms with Gasteiger partial charge in [0, 0.05) is 20.6 Å². The van der Waals surface area contributed by atoms with E-state index in [0.717, 1.165) is 18.3 Å². The lowest BCUT2D eigenvalue weighted by Crippen LogP contribution is -2.55. The van der Waals surface area contributed by atoms with Crippen molar-refractivity contribution in [1.82, 2.24) is 15.6 Å². The van der Waals surface area contributed by atoms with Gasteiger partial charge in [0.25, 0.3) is 16.0 Å². The van der Waals surface area contributed by atoms with Crippen molar-refractivity contribution in [2.24, 2.45) is 5.92 Å². The number of carbonyl (C=O) groups is 4. The molecule has 0 saturated heterocycles. The molecule has 3 rings (SSSR count). The van der Waals surface area contributed by atoms with Gasteiger partial charge in [-0.2, -0.15) is 21.6 Å². The fraction of sp³-hybridized carbons (Fsp3) is 0.424. The number of halogens is 3. The number of nitrogens with one attached hydrogen (secondary N) is 2. The van der Waals surface area contributed by atoms with Crippen LogP contribution in [0.1, 0.15) is 39.2 Å². The summed E-state index contributed by atoms with van der Waals surface area (Å²) in [6.45, 7) is 1.03. The number of ether oxygens (including phenoxy) is 2. The van der Waals surface area contributed by atoms with Crippen LogP contribution >= 0.6 is 11.3 Å². The molecule has 51 heavy (non-hydrogen) atoms. The molecule has 1 heterocycles. The maximum Gasteiger partial charge on any atom is 0.416 e. The number of methoxy groups -OCH3 is 2. The lowest BCUT2D eigenvalue weighted by molar-refractivity contribution is -0.143. The molecule has 2 unspecified atom stereocenters. The van der Waals surface area contributed by atoms with Crippen LogP contribution < -0.4 is 10.6 Å². The minimum Gasteiger partial charge on any atom is -0.384 e. The van der Waals surface area contributed by atoms with Crippen molar-refractivity contribution < 1.29 is 59.5 Å². The molecule has 18 heteroatoms. The van der Waals surface area contributed by atoms with Gasteiger partial charge in [-0.05, 0) is 50.1 Å². The summed E-state index contributed by atoms with van der Waals surface area (Å²) in [5.41, 5.74) is -3.09. The van der Waals surface area contributed by atoms with Crippen molar-refractivity contribution in [3.63, 3.8) is 0 Å². The van der Waals surface area contributed by atoms with Crippen LogP contribution in [-0.2, 0) is 50.8 Å². The lowest BCUT2D eigenvalue weighted by atomic mass is 9.90. The van der Waals surface area contributed by atoms with Gasteiger partial charge in [-0.3, -0.25) is 23.4 Å². The van der Waals surface area contributed by atoms with Crippen LogP contribution in [0.4, 0.5) is 13.2 Å². The average molecular weight is 758 g/mol. The van der Waals surface area contributed by atoms with E-state index in [4.69, 9.17) is 13.7 Å². The molecule has 4 atom stereocenters. The molecule has 278 valence electrons. The predicted octanol–water partition coefficient (Wildman–Crippen LogP) is 2.89. The number of carbonyl (C=O) groups excluding carboxylic acids is 4. The number of Topliss-reactive ketones (excluding diaryl/α,β-unsaturated/α-hetero) is 2. The quantitative estimate of drug-likeness (QED) is 0.153. The number of rotatable bonds is 19. The highest BCUT2D eigenvalue weighted by Gasteiger charge is 2.40. The maximum absolute atomic E-state index is 13.7. The van der Waals surface area contributed by atoms with E-state index in [1.165, 1.54) is 20.4 Å². The number of benzene rings is 2. The average Bonchev–Trinajstić information content (AvgIpc) is 3.52. The van der Waals surface area contributed by atoms with E-state index >= 15 is 0 Å². The van der Waals surface area contributed by atoms with E-state index < -0.39 is 86.8 Å².